The lowest BCUT2D eigenvalue weighted by Gasteiger charge is -2.36. The van der Waals surface area contributed by atoms with Crippen LogP contribution < -0.4 is 5.32 Å². The molecule has 2 aliphatic rings. The molecule has 1 N–H and O–H groups in total. The van der Waals surface area contributed by atoms with Gasteiger partial charge in [0.1, 0.15) is 0 Å². The van der Waals surface area contributed by atoms with Crippen molar-refractivity contribution < 1.29 is 0 Å². The van der Waals surface area contributed by atoms with Crippen molar-refractivity contribution in [3.8, 4) is 0 Å². The Bertz CT molecular complexity index is 428. The van der Waals surface area contributed by atoms with Gasteiger partial charge in [0, 0.05) is 17.0 Å². The predicted octanol–water partition coefficient (Wildman–Crippen LogP) is 4.95. The van der Waals surface area contributed by atoms with Gasteiger partial charge in [-0.3, -0.25) is 0 Å². The summed E-state index contributed by atoms with van der Waals surface area (Å²) >= 11 is 7.88. The second-order valence-corrected chi connectivity index (χ2v) is 8.39. The van der Waals surface area contributed by atoms with Gasteiger partial charge < -0.3 is 5.32 Å². The zero-order chi connectivity index (χ0) is 12.8. The number of thiophene rings is 1. The highest BCUT2D eigenvalue weighted by Crippen LogP contribution is 2.41. The van der Waals surface area contributed by atoms with Gasteiger partial charge in [-0.1, -0.05) is 25.4 Å². The van der Waals surface area contributed by atoms with Crippen molar-refractivity contribution in [3.05, 3.63) is 20.8 Å². The molecule has 0 aromatic carbocycles. The van der Waals surface area contributed by atoms with Crippen molar-refractivity contribution in [1.82, 2.24) is 5.32 Å². The summed E-state index contributed by atoms with van der Waals surface area (Å²) in [5, 5.41) is 3.87. The highest BCUT2D eigenvalue weighted by Gasteiger charge is 2.31. The van der Waals surface area contributed by atoms with E-state index in [1.165, 1.54) is 49.0 Å². The fourth-order valence-electron chi connectivity index (χ4n) is 3.35. The smallest absolute Gasteiger partial charge is 0.0934 e. The summed E-state index contributed by atoms with van der Waals surface area (Å²) in [5.74, 6) is 0. The molecule has 0 aliphatic heterocycles. The lowest BCUT2D eigenvalue weighted by Crippen LogP contribution is -2.37. The molecule has 0 saturated heterocycles. The van der Waals surface area contributed by atoms with Crippen LogP contribution in [-0.4, -0.2) is 6.04 Å². The van der Waals surface area contributed by atoms with Crippen LogP contribution in [0.2, 0.25) is 4.34 Å². The Morgan fingerprint density at radius 2 is 2.00 bits per heavy atom. The van der Waals surface area contributed by atoms with Gasteiger partial charge in [0.25, 0.3) is 0 Å². The van der Waals surface area contributed by atoms with Crippen molar-refractivity contribution in [2.24, 2.45) is 5.41 Å². The summed E-state index contributed by atoms with van der Waals surface area (Å²) < 4.78 is 0.955. The van der Waals surface area contributed by atoms with Crippen LogP contribution in [0.4, 0.5) is 0 Å². The van der Waals surface area contributed by atoms with Crippen molar-refractivity contribution >= 4 is 22.9 Å². The zero-order valence-electron chi connectivity index (χ0n) is 11.3. The van der Waals surface area contributed by atoms with Crippen LogP contribution in [0, 0.1) is 5.41 Å². The molecule has 1 heterocycles. The number of halogens is 1. The third kappa shape index (κ3) is 2.61. The predicted molar refractivity (Wildman–Crippen MR) is 79.6 cm³/mol. The highest BCUT2D eigenvalue weighted by molar-refractivity contribution is 7.16. The van der Waals surface area contributed by atoms with E-state index in [4.69, 9.17) is 11.6 Å². The molecule has 3 rings (SSSR count). The Hall–Kier alpha value is -0.0500. The number of fused-ring (bicyclic) bond motifs is 1. The van der Waals surface area contributed by atoms with Gasteiger partial charge in [-0.25, -0.2) is 0 Å². The Labute approximate surface area is 119 Å². The second-order valence-electron chi connectivity index (χ2n) is 6.63. The van der Waals surface area contributed by atoms with E-state index >= 15 is 0 Å². The average molecular weight is 284 g/mol. The van der Waals surface area contributed by atoms with Crippen LogP contribution in [0.5, 0.6) is 0 Å². The Kier molecular flexibility index (Phi) is 3.46. The molecule has 0 amide bonds. The third-order valence-corrected chi connectivity index (χ3v) is 5.96. The summed E-state index contributed by atoms with van der Waals surface area (Å²) in [4.78, 5) is 1.51. The first-order valence-electron chi connectivity index (χ1n) is 7.08. The van der Waals surface area contributed by atoms with Crippen molar-refractivity contribution in [3.63, 3.8) is 0 Å². The van der Waals surface area contributed by atoms with Crippen LogP contribution in [-0.2, 0) is 6.42 Å². The van der Waals surface area contributed by atoms with E-state index in [2.05, 4.69) is 25.2 Å². The minimum atomic E-state index is 0.560. The van der Waals surface area contributed by atoms with E-state index in [-0.39, 0.29) is 0 Å². The van der Waals surface area contributed by atoms with Gasteiger partial charge in [-0.15, -0.1) is 11.3 Å². The monoisotopic (exact) mass is 283 g/mol. The molecule has 100 valence electrons. The van der Waals surface area contributed by atoms with Gasteiger partial charge >= 0.3 is 0 Å². The Morgan fingerprint density at radius 3 is 2.72 bits per heavy atom. The maximum absolute atomic E-state index is 6.11. The van der Waals surface area contributed by atoms with Crippen LogP contribution >= 0.6 is 22.9 Å². The molecule has 1 fully saturated rings. The van der Waals surface area contributed by atoms with Gasteiger partial charge in [-0.05, 0) is 55.6 Å². The van der Waals surface area contributed by atoms with Crippen LogP contribution in [0.3, 0.4) is 0 Å². The molecule has 0 bridgehead atoms. The quantitative estimate of drug-likeness (QED) is 0.810. The number of nitrogens with one attached hydrogen (secondary N) is 1. The maximum atomic E-state index is 6.11. The van der Waals surface area contributed by atoms with Gasteiger partial charge in [0.2, 0.25) is 0 Å². The number of rotatable bonds is 2. The topological polar surface area (TPSA) is 12.0 Å². The molecular weight excluding hydrogens is 262 g/mol. The largest absolute Gasteiger partial charge is 0.307 e. The van der Waals surface area contributed by atoms with Crippen LogP contribution in [0.15, 0.2) is 6.07 Å². The van der Waals surface area contributed by atoms with E-state index in [1.54, 1.807) is 11.3 Å². The molecule has 2 aliphatic carbocycles. The van der Waals surface area contributed by atoms with E-state index in [0.717, 1.165) is 4.34 Å². The Balaban J connectivity index is 1.62. The number of hydrogen-bond donors (Lipinski definition) is 1. The third-order valence-electron chi connectivity index (χ3n) is 4.62. The molecule has 1 saturated carbocycles. The molecule has 1 aromatic rings. The second kappa shape index (κ2) is 4.81. The summed E-state index contributed by atoms with van der Waals surface area (Å²) in [6.45, 7) is 4.80. The summed E-state index contributed by atoms with van der Waals surface area (Å²) in [6, 6.07) is 3.46. The van der Waals surface area contributed by atoms with E-state index in [9.17, 15) is 0 Å². The molecule has 18 heavy (non-hydrogen) atoms. The molecular formula is C15H22ClNS. The molecule has 1 atom stereocenters. The minimum Gasteiger partial charge on any atom is -0.307 e. The molecule has 0 radical (unpaired) electrons. The average Bonchev–Trinajstić information content (AvgIpc) is 2.82. The number of hydrogen-bond acceptors (Lipinski definition) is 2. The standard InChI is InChI=1S/C15H22ClNS/c1-15(2)7-5-10(6-8-15)17-12-3-4-13-11(12)9-14(16)18-13/h9-10,12,17H,3-8H2,1-2H3. The van der Waals surface area contributed by atoms with Crippen molar-refractivity contribution in [1.29, 1.82) is 0 Å². The lowest BCUT2D eigenvalue weighted by molar-refractivity contribution is 0.198. The summed E-state index contributed by atoms with van der Waals surface area (Å²) in [7, 11) is 0. The first-order chi connectivity index (χ1) is 8.53. The molecule has 3 heteroatoms. The molecule has 1 nitrogen and oxygen atoms in total. The fraction of sp³-hybridized carbons (Fsp3) is 0.733. The molecule has 1 aromatic heterocycles. The first kappa shape index (κ1) is 13.0. The Morgan fingerprint density at radius 1 is 1.28 bits per heavy atom. The SMILES string of the molecule is CC1(C)CCC(NC2CCc3sc(Cl)cc32)CC1. The number of aryl methyl sites for hydroxylation is 1. The van der Waals surface area contributed by atoms with Gasteiger partial charge in [-0.2, -0.15) is 0 Å². The summed E-state index contributed by atoms with van der Waals surface area (Å²) in [6.07, 6.45) is 7.84. The normalized spacial score (nSPS) is 27.4. The fourth-order valence-corrected chi connectivity index (χ4v) is 4.71. The minimum absolute atomic E-state index is 0.560. The highest BCUT2D eigenvalue weighted by atomic mass is 35.5. The summed E-state index contributed by atoms with van der Waals surface area (Å²) in [5.41, 5.74) is 2.04. The lowest BCUT2D eigenvalue weighted by atomic mass is 9.75. The van der Waals surface area contributed by atoms with E-state index in [1.807, 2.05) is 0 Å². The molecule has 1 unspecified atom stereocenters. The van der Waals surface area contributed by atoms with Gasteiger partial charge in [0.05, 0.1) is 4.34 Å². The van der Waals surface area contributed by atoms with Crippen LogP contribution in [0.1, 0.15) is 62.4 Å². The molecule has 0 spiro atoms. The van der Waals surface area contributed by atoms with Crippen molar-refractivity contribution in [2.45, 2.75) is 64.5 Å². The van der Waals surface area contributed by atoms with Crippen LogP contribution in [0.25, 0.3) is 0 Å². The zero-order valence-corrected chi connectivity index (χ0v) is 12.8. The van der Waals surface area contributed by atoms with E-state index < -0.39 is 0 Å². The van der Waals surface area contributed by atoms with Crippen molar-refractivity contribution in [2.75, 3.05) is 0 Å². The van der Waals surface area contributed by atoms with E-state index in [0.29, 0.717) is 17.5 Å². The van der Waals surface area contributed by atoms with Gasteiger partial charge in [0.15, 0.2) is 0 Å². The maximum Gasteiger partial charge on any atom is 0.0934 e. The first-order valence-corrected chi connectivity index (χ1v) is 8.27.